The van der Waals surface area contributed by atoms with Crippen LogP contribution in [0.1, 0.15) is 18.9 Å². The zero-order valence-electron chi connectivity index (χ0n) is 8.66. The van der Waals surface area contributed by atoms with E-state index in [1.807, 2.05) is 0 Å². The molecular weight excluding hydrogens is 216 g/mol. The van der Waals surface area contributed by atoms with Gasteiger partial charge in [0.2, 0.25) is 0 Å². The van der Waals surface area contributed by atoms with Gasteiger partial charge in [-0.15, -0.1) is 0 Å². The van der Waals surface area contributed by atoms with Crippen LogP contribution >= 0.6 is 11.6 Å². The average molecular weight is 229 g/mol. The van der Waals surface area contributed by atoms with E-state index in [-0.39, 0.29) is 0 Å². The Balaban J connectivity index is 2.88. The average Bonchev–Trinajstić information content (AvgIpc) is 2.19. The van der Waals surface area contributed by atoms with Crippen molar-refractivity contribution in [3.63, 3.8) is 0 Å². The third-order valence-corrected chi connectivity index (χ3v) is 2.54. The minimum Gasteiger partial charge on any atom is -0.479 e. The number of carbonyl (C=O) groups is 1. The molecule has 0 aliphatic rings. The molecule has 1 aromatic rings. The molecule has 0 radical (unpaired) electrons. The molecule has 1 N–H and O–H groups in total. The van der Waals surface area contributed by atoms with Crippen LogP contribution in [0.4, 0.5) is 0 Å². The second-order valence-electron chi connectivity index (χ2n) is 3.22. The molecule has 0 spiro atoms. The molecule has 0 heterocycles. The normalized spacial score (nSPS) is 12.2. The summed E-state index contributed by atoms with van der Waals surface area (Å²) in [6.07, 6.45) is -0.399. The molecule has 0 aromatic heterocycles. The number of hydrogen-bond donors (Lipinski definition) is 1. The molecule has 0 bridgehead atoms. The molecule has 1 unspecified atom stereocenters. The first-order valence-corrected chi connectivity index (χ1v) is 5.08. The SMILES string of the molecule is CCC(Oc1cccc(Cl)c1C)C(=O)O. The van der Waals surface area contributed by atoms with Crippen molar-refractivity contribution in [3.05, 3.63) is 28.8 Å². The molecule has 4 heteroatoms. The van der Waals surface area contributed by atoms with Crippen LogP contribution in [0.5, 0.6) is 5.75 Å². The fourth-order valence-electron chi connectivity index (χ4n) is 1.18. The maximum atomic E-state index is 10.8. The van der Waals surface area contributed by atoms with E-state index in [2.05, 4.69) is 0 Å². The van der Waals surface area contributed by atoms with E-state index >= 15 is 0 Å². The quantitative estimate of drug-likeness (QED) is 0.862. The van der Waals surface area contributed by atoms with Crippen molar-refractivity contribution < 1.29 is 14.6 Å². The Labute approximate surface area is 93.6 Å². The number of carboxylic acid groups (broad SMARTS) is 1. The second-order valence-corrected chi connectivity index (χ2v) is 3.62. The lowest BCUT2D eigenvalue weighted by Gasteiger charge is -2.15. The molecule has 0 saturated heterocycles. The summed E-state index contributed by atoms with van der Waals surface area (Å²) in [6.45, 7) is 3.56. The Morgan fingerprint density at radius 3 is 2.80 bits per heavy atom. The zero-order chi connectivity index (χ0) is 11.4. The molecule has 82 valence electrons. The van der Waals surface area contributed by atoms with Crippen LogP contribution in [0.2, 0.25) is 5.02 Å². The standard InChI is InChI=1S/C11H13ClO3/c1-3-9(11(13)14)15-10-6-4-5-8(12)7(10)2/h4-6,9H,3H2,1-2H3,(H,13,14). The Morgan fingerprint density at radius 1 is 1.60 bits per heavy atom. The maximum absolute atomic E-state index is 10.8. The Bertz CT molecular complexity index is 363. The van der Waals surface area contributed by atoms with Gasteiger partial charge < -0.3 is 9.84 Å². The van der Waals surface area contributed by atoms with Crippen molar-refractivity contribution in [3.8, 4) is 5.75 Å². The smallest absolute Gasteiger partial charge is 0.344 e. The van der Waals surface area contributed by atoms with E-state index in [1.54, 1.807) is 32.0 Å². The molecule has 3 nitrogen and oxygen atoms in total. The van der Waals surface area contributed by atoms with Gasteiger partial charge in [0.15, 0.2) is 6.10 Å². The first-order valence-electron chi connectivity index (χ1n) is 4.70. The molecule has 0 amide bonds. The van der Waals surface area contributed by atoms with Crippen molar-refractivity contribution in [2.24, 2.45) is 0 Å². The van der Waals surface area contributed by atoms with E-state index in [0.29, 0.717) is 17.2 Å². The van der Waals surface area contributed by atoms with Crippen LogP contribution in [0.3, 0.4) is 0 Å². The number of aliphatic carboxylic acids is 1. The summed E-state index contributed by atoms with van der Waals surface area (Å²) >= 11 is 5.89. The van der Waals surface area contributed by atoms with Crippen LogP contribution in [-0.4, -0.2) is 17.2 Å². The van der Waals surface area contributed by atoms with E-state index in [9.17, 15) is 4.79 Å². The van der Waals surface area contributed by atoms with Gasteiger partial charge in [-0.05, 0) is 25.5 Å². The van der Waals surface area contributed by atoms with Crippen molar-refractivity contribution in [1.82, 2.24) is 0 Å². The topological polar surface area (TPSA) is 46.5 Å². The van der Waals surface area contributed by atoms with Gasteiger partial charge >= 0.3 is 5.97 Å². The lowest BCUT2D eigenvalue weighted by atomic mass is 10.2. The van der Waals surface area contributed by atoms with Crippen LogP contribution in [0.15, 0.2) is 18.2 Å². The fraction of sp³-hybridized carbons (Fsp3) is 0.364. The molecule has 0 saturated carbocycles. The molecular formula is C11H13ClO3. The summed E-state index contributed by atoms with van der Waals surface area (Å²) in [6, 6.07) is 5.19. The van der Waals surface area contributed by atoms with Gasteiger partial charge in [-0.25, -0.2) is 4.79 Å². The van der Waals surface area contributed by atoms with Crippen molar-refractivity contribution in [1.29, 1.82) is 0 Å². The molecule has 0 aliphatic heterocycles. The third kappa shape index (κ3) is 2.86. The van der Waals surface area contributed by atoms with Crippen LogP contribution in [-0.2, 0) is 4.79 Å². The van der Waals surface area contributed by atoms with Gasteiger partial charge in [0.1, 0.15) is 5.75 Å². The van der Waals surface area contributed by atoms with Crippen molar-refractivity contribution in [2.75, 3.05) is 0 Å². The van der Waals surface area contributed by atoms with Gasteiger partial charge in [-0.3, -0.25) is 0 Å². The number of carboxylic acids is 1. The minimum atomic E-state index is -0.961. The van der Waals surface area contributed by atoms with Gasteiger partial charge in [0.05, 0.1) is 0 Å². The van der Waals surface area contributed by atoms with Crippen LogP contribution in [0, 0.1) is 6.92 Å². The molecule has 0 fully saturated rings. The highest BCUT2D eigenvalue weighted by Crippen LogP contribution is 2.26. The van der Waals surface area contributed by atoms with Gasteiger partial charge in [0, 0.05) is 10.6 Å². The lowest BCUT2D eigenvalue weighted by Crippen LogP contribution is -2.26. The summed E-state index contributed by atoms with van der Waals surface area (Å²) in [7, 11) is 0. The Morgan fingerprint density at radius 2 is 2.27 bits per heavy atom. The molecule has 1 atom stereocenters. The maximum Gasteiger partial charge on any atom is 0.344 e. The first kappa shape index (κ1) is 11.9. The number of benzene rings is 1. The van der Waals surface area contributed by atoms with Gasteiger partial charge in [0.25, 0.3) is 0 Å². The predicted octanol–water partition coefficient (Wildman–Crippen LogP) is 2.89. The molecule has 1 rings (SSSR count). The Kier molecular flexibility index (Phi) is 3.97. The summed E-state index contributed by atoms with van der Waals surface area (Å²) in [4.78, 5) is 10.8. The highest BCUT2D eigenvalue weighted by Gasteiger charge is 2.17. The highest BCUT2D eigenvalue weighted by atomic mass is 35.5. The second kappa shape index (κ2) is 5.03. The number of ether oxygens (including phenoxy) is 1. The monoisotopic (exact) mass is 228 g/mol. The van der Waals surface area contributed by atoms with Crippen LogP contribution in [0.25, 0.3) is 0 Å². The number of rotatable bonds is 4. The van der Waals surface area contributed by atoms with Gasteiger partial charge in [-0.1, -0.05) is 24.6 Å². The summed E-state index contributed by atoms with van der Waals surface area (Å²) in [5.74, 6) is -0.436. The third-order valence-electron chi connectivity index (χ3n) is 2.13. The predicted molar refractivity (Wildman–Crippen MR) is 58.5 cm³/mol. The fourth-order valence-corrected chi connectivity index (χ4v) is 1.34. The molecule has 1 aromatic carbocycles. The number of halogens is 1. The van der Waals surface area contributed by atoms with Crippen LogP contribution < -0.4 is 4.74 Å². The summed E-state index contributed by atoms with van der Waals surface area (Å²) in [5.41, 5.74) is 0.763. The van der Waals surface area contributed by atoms with E-state index < -0.39 is 12.1 Å². The van der Waals surface area contributed by atoms with Gasteiger partial charge in [-0.2, -0.15) is 0 Å². The van der Waals surface area contributed by atoms with E-state index in [0.717, 1.165) is 5.56 Å². The minimum absolute atomic E-state index is 0.418. The van der Waals surface area contributed by atoms with E-state index in [4.69, 9.17) is 21.4 Å². The molecule has 15 heavy (non-hydrogen) atoms. The largest absolute Gasteiger partial charge is 0.479 e. The first-order chi connectivity index (χ1) is 7.06. The number of hydrogen-bond acceptors (Lipinski definition) is 2. The van der Waals surface area contributed by atoms with E-state index in [1.165, 1.54) is 0 Å². The lowest BCUT2D eigenvalue weighted by molar-refractivity contribution is -0.145. The zero-order valence-corrected chi connectivity index (χ0v) is 9.41. The Hall–Kier alpha value is -1.22. The van der Waals surface area contributed by atoms with Crippen molar-refractivity contribution in [2.45, 2.75) is 26.4 Å². The summed E-state index contributed by atoms with van der Waals surface area (Å²) < 4.78 is 5.35. The summed E-state index contributed by atoms with van der Waals surface area (Å²) in [5, 5.41) is 9.41. The van der Waals surface area contributed by atoms with Crippen molar-refractivity contribution >= 4 is 17.6 Å². The molecule has 0 aliphatic carbocycles. The highest BCUT2D eigenvalue weighted by molar-refractivity contribution is 6.31.